The molecule has 1 aliphatic carbocycles. The summed E-state index contributed by atoms with van der Waals surface area (Å²) >= 11 is 0. The van der Waals surface area contributed by atoms with Crippen molar-refractivity contribution in [1.29, 1.82) is 0 Å². The van der Waals surface area contributed by atoms with E-state index in [0.29, 0.717) is 0 Å². The first kappa shape index (κ1) is 15.4. The zero-order valence-electron chi connectivity index (χ0n) is 10.8. The monoisotopic (exact) mass is 266 g/mol. The van der Waals surface area contributed by atoms with Crippen LogP contribution in [0.5, 0.6) is 0 Å². The van der Waals surface area contributed by atoms with Gasteiger partial charge in [0.25, 0.3) is 0 Å². The van der Waals surface area contributed by atoms with Crippen molar-refractivity contribution in [2.75, 3.05) is 20.6 Å². The molecule has 0 aromatic carbocycles. The van der Waals surface area contributed by atoms with Crippen LogP contribution in [0.1, 0.15) is 25.7 Å². The Bertz CT molecular complexity index is 281. The molecule has 1 unspecified atom stereocenters. The average molecular weight is 266 g/mol. The Balaban J connectivity index is 2.60. The molecule has 106 valence electrons. The van der Waals surface area contributed by atoms with Crippen molar-refractivity contribution in [2.24, 2.45) is 10.9 Å². The first-order chi connectivity index (χ1) is 8.36. The van der Waals surface area contributed by atoms with Crippen LogP contribution in [0.3, 0.4) is 0 Å². The molecule has 0 heterocycles. The van der Waals surface area contributed by atoms with E-state index in [2.05, 4.69) is 4.99 Å². The highest BCUT2D eigenvalue weighted by atomic mass is 19.4. The third-order valence-corrected chi connectivity index (χ3v) is 3.53. The number of halogens is 3. The number of rotatable bonds is 4. The van der Waals surface area contributed by atoms with Gasteiger partial charge in [0.15, 0.2) is 6.10 Å². The van der Waals surface area contributed by atoms with Gasteiger partial charge in [0.2, 0.25) is 0 Å². The molecule has 0 spiro atoms. The summed E-state index contributed by atoms with van der Waals surface area (Å²) in [6.07, 6.45) is -1.08. The first-order valence-electron chi connectivity index (χ1n) is 6.23. The highest BCUT2D eigenvalue weighted by molar-refractivity contribution is 5.61. The standard InChI is InChI=1S/C12H21F3N2O/c1-16-7-9-5-3-4-6-10(9)17(2)8-11(18)12(13,14)15/h7,9-11,18H,3-6,8H2,1-2H3/b16-7+/t9?,10-,11-/m0/s1. The van der Waals surface area contributed by atoms with Gasteiger partial charge in [0.1, 0.15) is 0 Å². The lowest BCUT2D eigenvalue weighted by molar-refractivity contribution is -0.209. The first-order valence-corrected chi connectivity index (χ1v) is 6.23. The molecule has 1 N–H and O–H groups in total. The molecule has 1 rings (SSSR count). The smallest absolute Gasteiger partial charge is 0.382 e. The summed E-state index contributed by atoms with van der Waals surface area (Å²) in [7, 11) is 3.32. The highest BCUT2D eigenvalue weighted by Gasteiger charge is 2.40. The van der Waals surface area contributed by atoms with E-state index in [-0.39, 0.29) is 18.5 Å². The van der Waals surface area contributed by atoms with Crippen molar-refractivity contribution in [3.05, 3.63) is 0 Å². The highest BCUT2D eigenvalue weighted by Crippen LogP contribution is 2.28. The minimum absolute atomic E-state index is 0.0412. The van der Waals surface area contributed by atoms with E-state index in [9.17, 15) is 13.2 Å². The summed E-state index contributed by atoms with van der Waals surface area (Å²) in [5.74, 6) is 0.189. The molecular formula is C12H21F3N2O. The quantitative estimate of drug-likeness (QED) is 0.791. The second-order valence-corrected chi connectivity index (χ2v) is 4.92. The largest absolute Gasteiger partial charge is 0.415 e. The van der Waals surface area contributed by atoms with Gasteiger partial charge in [-0.3, -0.25) is 4.90 Å². The van der Waals surface area contributed by atoms with Gasteiger partial charge in [-0.05, 0) is 19.9 Å². The van der Waals surface area contributed by atoms with Crippen LogP contribution in [-0.2, 0) is 0 Å². The molecule has 3 atom stereocenters. The van der Waals surface area contributed by atoms with E-state index in [1.807, 2.05) is 6.21 Å². The fourth-order valence-electron chi connectivity index (χ4n) is 2.56. The molecule has 0 bridgehead atoms. The van der Waals surface area contributed by atoms with E-state index in [0.717, 1.165) is 25.7 Å². The fourth-order valence-corrected chi connectivity index (χ4v) is 2.56. The fraction of sp³-hybridized carbons (Fsp3) is 0.917. The summed E-state index contributed by atoms with van der Waals surface area (Å²) in [6, 6.07) is 0.0412. The third kappa shape index (κ3) is 4.24. The van der Waals surface area contributed by atoms with Crippen LogP contribution in [-0.4, -0.2) is 55.2 Å². The molecule has 3 nitrogen and oxygen atoms in total. The van der Waals surface area contributed by atoms with Crippen LogP contribution in [0.2, 0.25) is 0 Å². The normalized spacial score (nSPS) is 27.9. The Labute approximate surface area is 106 Å². The summed E-state index contributed by atoms with van der Waals surface area (Å²) in [5, 5.41) is 9.10. The zero-order chi connectivity index (χ0) is 13.8. The predicted molar refractivity (Wildman–Crippen MR) is 64.9 cm³/mol. The Morgan fingerprint density at radius 3 is 2.56 bits per heavy atom. The molecule has 1 fully saturated rings. The molecule has 0 aliphatic heterocycles. The van der Waals surface area contributed by atoms with Gasteiger partial charge in [-0.25, -0.2) is 0 Å². The average Bonchev–Trinajstić information content (AvgIpc) is 2.28. The summed E-state index contributed by atoms with van der Waals surface area (Å²) < 4.78 is 37.0. The van der Waals surface area contributed by atoms with Crippen molar-refractivity contribution >= 4 is 6.21 Å². The van der Waals surface area contributed by atoms with Gasteiger partial charge in [-0.2, -0.15) is 13.2 Å². The van der Waals surface area contributed by atoms with Gasteiger partial charge in [0, 0.05) is 31.8 Å². The third-order valence-electron chi connectivity index (χ3n) is 3.53. The van der Waals surface area contributed by atoms with E-state index in [1.165, 1.54) is 0 Å². The number of hydrogen-bond donors (Lipinski definition) is 1. The lowest BCUT2D eigenvalue weighted by atomic mass is 9.84. The van der Waals surface area contributed by atoms with Gasteiger partial charge in [-0.1, -0.05) is 12.8 Å². The van der Waals surface area contributed by atoms with Crippen LogP contribution in [0, 0.1) is 5.92 Å². The summed E-state index contributed by atoms with van der Waals surface area (Å²) in [5.41, 5.74) is 0. The Hall–Kier alpha value is -0.620. The van der Waals surface area contributed by atoms with Crippen LogP contribution < -0.4 is 0 Å². The maximum absolute atomic E-state index is 12.3. The molecule has 0 amide bonds. The number of likely N-dealkylation sites (N-methyl/N-ethyl adjacent to an activating group) is 1. The Kier molecular flexibility index (Phi) is 5.59. The van der Waals surface area contributed by atoms with Gasteiger partial charge in [0.05, 0.1) is 0 Å². The van der Waals surface area contributed by atoms with E-state index in [4.69, 9.17) is 5.11 Å². The maximum Gasteiger partial charge on any atom is 0.415 e. The second-order valence-electron chi connectivity index (χ2n) is 4.92. The van der Waals surface area contributed by atoms with Crippen molar-refractivity contribution in [1.82, 2.24) is 4.90 Å². The van der Waals surface area contributed by atoms with Crippen LogP contribution >= 0.6 is 0 Å². The minimum atomic E-state index is -4.54. The van der Waals surface area contributed by atoms with E-state index >= 15 is 0 Å². The summed E-state index contributed by atoms with van der Waals surface area (Å²) in [6.45, 7) is -0.373. The SMILES string of the molecule is C/N=C/C1CCCC[C@@H]1N(C)C[C@H](O)C(F)(F)F. The molecule has 1 saturated carbocycles. The lowest BCUT2D eigenvalue weighted by Crippen LogP contribution is -2.47. The molecule has 0 aromatic rings. The number of aliphatic hydroxyl groups excluding tert-OH is 1. The van der Waals surface area contributed by atoms with Crippen molar-refractivity contribution in [3.8, 4) is 0 Å². The van der Waals surface area contributed by atoms with Gasteiger partial charge >= 0.3 is 6.18 Å². The van der Waals surface area contributed by atoms with Crippen LogP contribution in [0.15, 0.2) is 4.99 Å². The Morgan fingerprint density at radius 1 is 1.39 bits per heavy atom. The van der Waals surface area contributed by atoms with Crippen LogP contribution in [0.25, 0.3) is 0 Å². The number of hydrogen-bond acceptors (Lipinski definition) is 3. The maximum atomic E-state index is 12.3. The molecule has 0 radical (unpaired) electrons. The summed E-state index contributed by atoms with van der Waals surface area (Å²) in [4.78, 5) is 5.60. The number of alkyl halides is 3. The molecular weight excluding hydrogens is 245 g/mol. The molecule has 0 aromatic heterocycles. The van der Waals surface area contributed by atoms with E-state index in [1.54, 1.807) is 19.0 Å². The number of nitrogens with zero attached hydrogens (tertiary/aromatic N) is 2. The van der Waals surface area contributed by atoms with Crippen molar-refractivity contribution in [3.63, 3.8) is 0 Å². The number of aliphatic hydroxyl groups is 1. The Morgan fingerprint density at radius 2 is 2.00 bits per heavy atom. The molecule has 6 heteroatoms. The van der Waals surface area contributed by atoms with E-state index < -0.39 is 12.3 Å². The van der Waals surface area contributed by atoms with Gasteiger partial charge in [-0.15, -0.1) is 0 Å². The van der Waals surface area contributed by atoms with Crippen molar-refractivity contribution < 1.29 is 18.3 Å². The second kappa shape index (κ2) is 6.52. The number of aliphatic imine (C=N–C) groups is 1. The molecule has 18 heavy (non-hydrogen) atoms. The topological polar surface area (TPSA) is 35.8 Å². The van der Waals surface area contributed by atoms with Gasteiger partial charge < -0.3 is 10.1 Å². The zero-order valence-corrected chi connectivity index (χ0v) is 10.8. The van der Waals surface area contributed by atoms with Crippen molar-refractivity contribution in [2.45, 2.75) is 44.0 Å². The molecule has 1 aliphatic rings. The minimum Gasteiger partial charge on any atom is -0.382 e. The lowest BCUT2D eigenvalue weighted by Gasteiger charge is -2.37. The van der Waals surface area contributed by atoms with Crippen LogP contribution in [0.4, 0.5) is 13.2 Å². The molecule has 0 saturated heterocycles. The predicted octanol–water partition coefficient (Wildman–Crippen LogP) is 2.10.